The number of ether oxygens (including phenoxy) is 5. The topological polar surface area (TPSA) is 213 Å². The molecular formula is C20H23N3O13. The van der Waals surface area contributed by atoms with Crippen LogP contribution in [0.4, 0.5) is 17.1 Å². The largest absolute Gasteiger partial charge is 0.463 e. The van der Waals surface area contributed by atoms with Crippen molar-refractivity contribution in [3.63, 3.8) is 0 Å². The summed E-state index contributed by atoms with van der Waals surface area (Å²) in [6.45, 7) is 3.74. The van der Waals surface area contributed by atoms with Crippen LogP contribution in [0.3, 0.4) is 0 Å². The number of nitro groups is 2. The van der Waals surface area contributed by atoms with E-state index >= 15 is 0 Å². The molecule has 0 spiro atoms. The first-order chi connectivity index (χ1) is 16.8. The summed E-state index contributed by atoms with van der Waals surface area (Å²) in [6, 6.07) is 1.28. The van der Waals surface area contributed by atoms with E-state index in [1.807, 2.05) is 0 Å². The van der Waals surface area contributed by atoms with E-state index in [9.17, 15) is 39.4 Å². The lowest BCUT2D eigenvalue weighted by Gasteiger charge is -2.44. The second-order valence-electron chi connectivity index (χ2n) is 7.49. The molecule has 0 bridgehead atoms. The lowest BCUT2D eigenvalue weighted by molar-refractivity contribution is -0.393. The standard InChI is InChI=1S/C20H23N3O13/c1-9(24)32-8-16-18(33-10(2)25)19(34-11(3)26)17(20(36-16)35-12(4)27)21-14-6-5-13(22(28)29)7-15(14)23(30)31/h5-7,16-21H,8H2,1-4H3. The molecule has 1 aromatic carbocycles. The minimum absolute atomic E-state index is 0.284. The Morgan fingerprint density at radius 2 is 1.47 bits per heavy atom. The van der Waals surface area contributed by atoms with Crippen LogP contribution in [0.5, 0.6) is 0 Å². The third-order valence-corrected chi connectivity index (χ3v) is 4.69. The number of carbonyl (C=O) groups is 4. The molecule has 2 rings (SSSR count). The lowest BCUT2D eigenvalue weighted by atomic mass is 9.95. The number of nitrogens with one attached hydrogen (secondary N) is 1. The summed E-state index contributed by atoms with van der Waals surface area (Å²) < 4.78 is 26.4. The average molecular weight is 513 g/mol. The molecule has 1 saturated heterocycles. The SMILES string of the molecule is CC(=O)OCC1OC(OC(C)=O)C(Nc2ccc([N+](=O)[O-])cc2[N+](=O)[O-])C(OC(C)=O)C1OC(C)=O. The highest BCUT2D eigenvalue weighted by atomic mass is 16.7. The van der Waals surface area contributed by atoms with Crippen molar-refractivity contribution < 1.29 is 52.7 Å². The zero-order valence-electron chi connectivity index (χ0n) is 19.5. The first-order valence-corrected chi connectivity index (χ1v) is 10.3. The van der Waals surface area contributed by atoms with Crippen LogP contribution in [-0.2, 0) is 42.9 Å². The van der Waals surface area contributed by atoms with Crippen molar-refractivity contribution in [2.24, 2.45) is 0 Å². The number of benzene rings is 1. The van der Waals surface area contributed by atoms with Gasteiger partial charge in [0.1, 0.15) is 24.4 Å². The number of nitrogens with zero attached hydrogens (tertiary/aromatic N) is 2. The second kappa shape index (κ2) is 11.9. The Balaban J connectivity index is 2.60. The van der Waals surface area contributed by atoms with E-state index in [0.29, 0.717) is 6.07 Å². The fourth-order valence-electron chi connectivity index (χ4n) is 3.41. The maximum atomic E-state index is 11.9. The van der Waals surface area contributed by atoms with Gasteiger partial charge in [0, 0.05) is 33.8 Å². The van der Waals surface area contributed by atoms with E-state index in [0.717, 1.165) is 39.8 Å². The van der Waals surface area contributed by atoms with Crippen LogP contribution in [0.2, 0.25) is 0 Å². The van der Waals surface area contributed by atoms with Gasteiger partial charge in [-0.1, -0.05) is 0 Å². The number of nitro benzene ring substituents is 2. The van der Waals surface area contributed by atoms with Gasteiger partial charge >= 0.3 is 23.9 Å². The fraction of sp³-hybridized carbons (Fsp3) is 0.500. The molecule has 1 fully saturated rings. The highest BCUT2D eigenvalue weighted by Crippen LogP contribution is 2.34. The van der Waals surface area contributed by atoms with Gasteiger partial charge in [-0.05, 0) is 6.07 Å². The number of non-ortho nitro benzene ring substituents is 1. The molecule has 0 aliphatic carbocycles. The Bertz CT molecular complexity index is 1060. The van der Waals surface area contributed by atoms with Crippen molar-refractivity contribution in [3.05, 3.63) is 38.4 Å². The highest BCUT2D eigenvalue weighted by molar-refractivity contribution is 5.69. The number of esters is 4. The Morgan fingerprint density at radius 3 is 1.97 bits per heavy atom. The van der Waals surface area contributed by atoms with Crippen LogP contribution in [0, 0.1) is 20.2 Å². The van der Waals surface area contributed by atoms with E-state index in [1.54, 1.807) is 0 Å². The molecular weight excluding hydrogens is 490 g/mol. The zero-order valence-corrected chi connectivity index (χ0v) is 19.5. The first-order valence-electron chi connectivity index (χ1n) is 10.3. The summed E-state index contributed by atoms with van der Waals surface area (Å²) in [7, 11) is 0. The predicted molar refractivity (Wildman–Crippen MR) is 115 cm³/mol. The maximum absolute atomic E-state index is 11.9. The summed E-state index contributed by atoms with van der Waals surface area (Å²) in [5, 5.41) is 25.3. The van der Waals surface area contributed by atoms with Crippen molar-refractivity contribution in [2.45, 2.75) is 58.3 Å². The number of rotatable bonds is 9. The number of anilines is 1. The fourth-order valence-corrected chi connectivity index (χ4v) is 3.41. The molecule has 5 unspecified atom stereocenters. The third-order valence-electron chi connectivity index (χ3n) is 4.69. The Labute approximate surface area is 203 Å². The Morgan fingerprint density at radius 1 is 0.889 bits per heavy atom. The highest BCUT2D eigenvalue weighted by Gasteiger charge is 2.52. The lowest BCUT2D eigenvalue weighted by Crippen LogP contribution is -2.64. The van der Waals surface area contributed by atoms with Gasteiger partial charge in [0.15, 0.2) is 12.2 Å². The van der Waals surface area contributed by atoms with Crippen LogP contribution >= 0.6 is 0 Å². The van der Waals surface area contributed by atoms with E-state index in [1.165, 1.54) is 0 Å². The van der Waals surface area contributed by atoms with Crippen LogP contribution in [0.15, 0.2) is 18.2 Å². The quantitative estimate of drug-likeness (QED) is 0.211. The minimum atomic E-state index is -1.60. The maximum Gasteiger partial charge on any atom is 0.305 e. The number of hydrogen-bond acceptors (Lipinski definition) is 14. The number of hydrogen-bond donors (Lipinski definition) is 1. The van der Waals surface area contributed by atoms with Gasteiger partial charge in [0.05, 0.1) is 15.9 Å². The van der Waals surface area contributed by atoms with Crippen LogP contribution < -0.4 is 5.32 Å². The van der Waals surface area contributed by atoms with Gasteiger partial charge in [-0.3, -0.25) is 39.4 Å². The summed E-state index contributed by atoms with van der Waals surface area (Å²) >= 11 is 0. The van der Waals surface area contributed by atoms with Gasteiger partial charge in [-0.2, -0.15) is 0 Å². The summed E-state index contributed by atoms with van der Waals surface area (Å²) in [5.41, 5.74) is -1.58. The van der Waals surface area contributed by atoms with Crippen molar-refractivity contribution in [2.75, 3.05) is 11.9 Å². The minimum Gasteiger partial charge on any atom is -0.463 e. The molecule has 5 atom stereocenters. The van der Waals surface area contributed by atoms with Gasteiger partial charge in [0.25, 0.3) is 11.4 Å². The van der Waals surface area contributed by atoms with Crippen LogP contribution in [-0.4, -0.2) is 71.0 Å². The molecule has 1 N–H and O–H groups in total. The van der Waals surface area contributed by atoms with Crippen molar-refractivity contribution in [1.82, 2.24) is 0 Å². The molecule has 16 heteroatoms. The van der Waals surface area contributed by atoms with E-state index in [2.05, 4.69) is 5.32 Å². The second-order valence-corrected chi connectivity index (χ2v) is 7.49. The van der Waals surface area contributed by atoms with Gasteiger partial charge < -0.3 is 29.0 Å². The first kappa shape index (κ1) is 27.9. The summed E-state index contributed by atoms with van der Waals surface area (Å²) in [5.74, 6) is -3.27. The molecule has 1 aromatic rings. The van der Waals surface area contributed by atoms with Crippen molar-refractivity contribution in [3.8, 4) is 0 Å². The molecule has 0 radical (unpaired) electrons. The average Bonchev–Trinajstić information content (AvgIpc) is 2.75. The molecule has 1 heterocycles. The molecule has 1 aliphatic rings. The van der Waals surface area contributed by atoms with Gasteiger partial charge in [0.2, 0.25) is 6.29 Å². The number of carbonyl (C=O) groups excluding carboxylic acids is 4. The molecule has 36 heavy (non-hydrogen) atoms. The normalized spacial score (nSPS) is 23.1. The zero-order chi connectivity index (χ0) is 27.2. The monoisotopic (exact) mass is 513 g/mol. The molecule has 0 amide bonds. The van der Waals surface area contributed by atoms with Gasteiger partial charge in [-0.25, -0.2) is 0 Å². The van der Waals surface area contributed by atoms with Gasteiger partial charge in [-0.15, -0.1) is 0 Å². The summed E-state index contributed by atoms with van der Waals surface area (Å²) in [4.78, 5) is 67.8. The van der Waals surface area contributed by atoms with Crippen molar-refractivity contribution >= 4 is 40.9 Å². The molecule has 196 valence electrons. The molecule has 1 aliphatic heterocycles. The van der Waals surface area contributed by atoms with Crippen LogP contribution in [0.25, 0.3) is 0 Å². The summed E-state index contributed by atoms with van der Waals surface area (Å²) in [6.07, 6.45) is -5.79. The Hall–Kier alpha value is -4.34. The molecule has 16 nitrogen and oxygen atoms in total. The predicted octanol–water partition coefficient (Wildman–Crippen LogP) is 0.998. The molecule has 0 aromatic heterocycles. The van der Waals surface area contributed by atoms with Crippen LogP contribution in [0.1, 0.15) is 27.7 Å². The smallest absolute Gasteiger partial charge is 0.305 e. The van der Waals surface area contributed by atoms with E-state index < -0.39 is 82.3 Å². The third kappa shape index (κ3) is 7.33. The van der Waals surface area contributed by atoms with E-state index in [4.69, 9.17) is 23.7 Å². The Kier molecular flexibility index (Phi) is 9.20. The van der Waals surface area contributed by atoms with E-state index in [-0.39, 0.29) is 5.69 Å². The molecule has 0 saturated carbocycles. The van der Waals surface area contributed by atoms with Crippen molar-refractivity contribution in [1.29, 1.82) is 0 Å².